The van der Waals surface area contributed by atoms with E-state index in [4.69, 9.17) is 9.47 Å². The topological polar surface area (TPSA) is 123 Å². The number of para-hydroxylation sites is 1. The minimum atomic E-state index is -1.15. The summed E-state index contributed by atoms with van der Waals surface area (Å²) in [4.78, 5) is 43.5. The first-order valence-corrected chi connectivity index (χ1v) is 10.5. The molecule has 4 aromatic rings. The number of fused-ring (bicyclic) bond motifs is 2. The molecule has 2 aromatic carbocycles. The highest BCUT2D eigenvalue weighted by atomic mass is 32.1. The minimum absolute atomic E-state index is 0.154. The maximum absolute atomic E-state index is 13.2. The Balaban J connectivity index is 1.66. The SMILES string of the molecule is COc1ccc(-c2nc3s/c(=C4/C(=O)N(CC(=O)O)c5ccccc54)c(=O)n3n2)cc1OC. The number of hydrogen-bond donors (Lipinski definition) is 1. The van der Waals surface area contributed by atoms with Crippen LogP contribution in [0.1, 0.15) is 5.56 Å². The lowest BCUT2D eigenvalue weighted by atomic mass is 10.1. The zero-order chi connectivity index (χ0) is 23.3. The molecule has 1 aliphatic heterocycles. The van der Waals surface area contributed by atoms with Gasteiger partial charge in [-0.05, 0) is 24.3 Å². The van der Waals surface area contributed by atoms with Gasteiger partial charge in [0.2, 0.25) is 4.96 Å². The van der Waals surface area contributed by atoms with E-state index in [0.29, 0.717) is 39.1 Å². The summed E-state index contributed by atoms with van der Waals surface area (Å²) >= 11 is 1.03. The maximum Gasteiger partial charge on any atom is 0.323 e. The van der Waals surface area contributed by atoms with Crippen LogP contribution in [0.25, 0.3) is 21.9 Å². The molecule has 1 aliphatic rings. The second-order valence-corrected chi connectivity index (χ2v) is 8.09. The van der Waals surface area contributed by atoms with Gasteiger partial charge in [0.15, 0.2) is 17.3 Å². The van der Waals surface area contributed by atoms with Crippen LogP contribution in [-0.2, 0) is 9.59 Å². The molecule has 166 valence electrons. The molecule has 1 amide bonds. The fraction of sp³-hybridized carbons (Fsp3) is 0.136. The zero-order valence-electron chi connectivity index (χ0n) is 17.4. The van der Waals surface area contributed by atoms with E-state index in [1.54, 1.807) is 42.5 Å². The van der Waals surface area contributed by atoms with Crippen molar-refractivity contribution >= 4 is 39.4 Å². The van der Waals surface area contributed by atoms with Crippen molar-refractivity contribution in [1.29, 1.82) is 0 Å². The molecular formula is C22H16N4O6S. The first-order valence-electron chi connectivity index (χ1n) is 9.72. The van der Waals surface area contributed by atoms with Gasteiger partial charge in [-0.1, -0.05) is 29.5 Å². The van der Waals surface area contributed by atoms with E-state index >= 15 is 0 Å². The molecule has 0 saturated heterocycles. The van der Waals surface area contributed by atoms with Crippen molar-refractivity contribution in [1.82, 2.24) is 14.6 Å². The fourth-order valence-corrected chi connectivity index (χ4v) is 4.77. The first-order chi connectivity index (χ1) is 15.9. The number of thiazole rings is 1. The number of ether oxygens (including phenoxy) is 2. The number of carbonyl (C=O) groups excluding carboxylic acids is 1. The van der Waals surface area contributed by atoms with Gasteiger partial charge < -0.3 is 14.6 Å². The molecule has 0 atom stereocenters. The number of anilines is 1. The molecule has 0 spiro atoms. The molecule has 33 heavy (non-hydrogen) atoms. The number of amides is 1. The van der Waals surface area contributed by atoms with E-state index in [0.717, 1.165) is 20.8 Å². The number of nitrogens with zero attached hydrogens (tertiary/aromatic N) is 4. The Labute approximate surface area is 189 Å². The van der Waals surface area contributed by atoms with E-state index in [1.807, 2.05) is 0 Å². The lowest BCUT2D eigenvalue weighted by molar-refractivity contribution is -0.136. The highest BCUT2D eigenvalue weighted by molar-refractivity contribution is 7.15. The van der Waals surface area contributed by atoms with E-state index < -0.39 is 24.0 Å². The predicted molar refractivity (Wildman–Crippen MR) is 120 cm³/mol. The van der Waals surface area contributed by atoms with Gasteiger partial charge in [0.1, 0.15) is 11.1 Å². The highest BCUT2D eigenvalue weighted by Gasteiger charge is 2.35. The van der Waals surface area contributed by atoms with E-state index in [-0.39, 0.29) is 10.1 Å². The van der Waals surface area contributed by atoms with Crippen LogP contribution < -0.4 is 24.5 Å². The van der Waals surface area contributed by atoms with E-state index in [9.17, 15) is 19.5 Å². The molecular weight excluding hydrogens is 448 g/mol. The van der Waals surface area contributed by atoms with Crippen molar-refractivity contribution in [3.63, 3.8) is 0 Å². The summed E-state index contributed by atoms with van der Waals surface area (Å²) in [5.74, 6) is -0.320. The lowest BCUT2D eigenvalue weighted by Crippen LogP contribution is -2.35. The van der Waals surface area contributed by atoms with Crippen LogP contribution in [0.2, 0.25) is 0 Å². The van der Waals surface area contributed by atoms with Gasteiger partial charge in [-0.15, -0.1) is 5.10 Å². The number of rotatable bonds is 5. The molecule has 0 unspecified atom stereocenters. The zero-order valence-corrected chi connectivity index (χ0v) is 18.3. The van der Waals surface area contributed by atoms with Crippen LogP contribution in [0.4, 0.5) is 5.69 Å². The number of methoxy groups -OCH3 is 2. The largest absolute Gasteiger partial charge is 0.493 e. The van der Waals surface area contributed by atoms with Crippen molar-refractivity contribution in [3.8, 4) is 22.9 Å². The number of aliphatic carboxylic acids is 1. The van der Waals surface area contributed by atoms with E-state index in [1.165, 1.54) is 14.2 Å². The molecule has 1 N–H and O–H groups in total. The third kappa shape index (κ3) is 3.21. The molecule has 5 rings (SSSR count). The Bertz CT molecular complexity index is 1560. The molecule has 0 saturated carbocycles. The van der Waals surface area contributed by atoms with Gasteiger partial charge in [0.25, 0.3) is 11.5 Å². The van der Waals surface area contributed by atoms with Crippen LogP contribution in [0.15, 0.2) is 47.3 Å². The number of carbonyl (C=O) groups is 2. The normalized spacial score (nSPS) is 14.6. The van der Waals surface area contributed by atoms with E-state index in [2.05, 4.69) is 10.1 Å². The Morgan fingerprint density at radius 2 is 1.85 bits per heavy atom. The summed E-state index contributed by atoms with van der Waals surface area (Å²) in [6, 6.07) is 12.0. The molecule has 0 fully saturated rings. The van der Waals surface area contributed by atoms with Crippen molar-refractivity contribution in [2.24, 2.45) is 0 Å². The van der Waals surface area contributed by atoms with Crippen molar-refractivity contribution in [2.45, 2.75) is 0 Å². The summed E-state index contributed by atoms with van der Waals surface area (Å²) < 4.78 is 11.9. The quantitative estimate of drug-likeness (QED) is 0.467. The second kappa shape index (κ2) is 7.71. The number of aromatic nitrogens is 3. The summed E-state index contributed by atoms with van der Waals surface area (Å²) in [6.45, 7) is -0.502. The van der Waals surface area contributed by atoms with Crippen LogP contribution in [0, 0.1) is 0 Å². The predicted octanol–water partition coefficient (Wildman–Crippen LogP) is 1.18. The Morgan fingerprint density at radius 1 is 1.09 bits per heavy atom. The number of carboxylic acid groups (broad SMARTS) is 1. The Kier molecular flexibility index (Phi) is 4.82. The number of hydrogen-bond acceptors (Lipinski definition) is 8. The average Bonchev–Trinajstić information content (AvgIpc) is 3.44. The van der Waals surface area contributed by atoms with Crippen LogP contribution in [0.3, 0.4) is 0 Å². The molecule has 0 bridgehead atoms. The Hall–Kier alpha value is -4.25. The van der Waals surface area contributed by atoms with Gasteiger partial charge in [0.05, 0.1) is 25.5 Å². The van der Waals surface area contributed by atoms with Gasteiger partial charge in [-0.3, -0.25) is 19.3 Å². The van der Waals surface area contributed by atoms with Gasteiger partial charge >= 0.3 is 5.97 Å². The number of benzene rings is 2. The van der Waals surface area contributed by atoms with Gasteiger partial charge in [0, 0.05) is 11.1 Å². The highest BCUT2D eigenvalue weighted by Crippen LogP contribution is 2.35. The van der Waals surface area contributed by atoms with Crippen LogP contribution in [0.5, 0.6) is 11.5 Å². The third-order valence-electron chi connectivity index (χ3n) is 5.24. The summed E-state index contributed by atoms with van der Waals surface area (Å²) in [6.07, 6.45) is 0. The van der Waals surface area contributed by atoms with Gasteiger partial charge in [-0.25, -0.2) is 0 Å². The summed E-state index contributed by atoms with van der Waals surface area (Å²) in [5, 5.41) is 13.5. The molecule has 10 nitrogen and oxygen atoms in total. The van der Waals surface area contributed by atoms with Crippen molar-refractivity contribution in [2.75, 3.05) is 25.7 Å². The Morgan fingerprint density at radius 3 is 2.55 bits per heavy atom. The molecule has 0 aliphatic carbocycles. The molecule has 11 heteroatoms. The first kappa shape index (κ1) is 20.6. The smallest absolute Gasteiger partial charge is 0.323 e. The minimum Gasteiger partial charge on any atom is -0.493 e. The maximum atomic E-state index is 13.2. The molecule has 3 heterocycles. The molecule has 2 aromatic heterocycles. The fourth-order valence-electron chi connectivity index (χ4n) is 3.77. The van der Waals surface area contributed by atoms with Crippen LogP contribution in [-0.4, -0.2) is 52.3 Å². The summed E-state index contributed by atoms with van der Waals surface area (Å²) in [5.41, 5.74) is 1.24. The second-order valence-electron chi connectivity index (χ2n) is 7.11. The average molecular weight is 464 g/mol. The van der Waals surface area contributed by atoms with Crippen molar-refractivity contribution < 1.29 is 24.2 Å². The summed E-state index contributed by atoms with van der Waals surface area (Å²) in [7, 11) is 3.05. The monoisotopic (exact) mass is 464 g/mol. The number of carboxylic acids is 1. The van der Waals surface area contributed by atoms with Crippen LogP contribution >= 0.6 is 11.3 Å². The third-order valence-corrected chi connectivity index (χ3v) is 6.27. The molecule has 0 radical (unpaired) electrons. The standard InChI is InChI=1S/C22H16N4O6S/c1-31-14-8-7-11(9-15(14)32-2)19-23-22-26(24-19)21(30)18(33-22)17-12-5-3-4-6-13(12)25(20(17)29)10-16(27)28/h3-9H,10H2,1-2H3,(H,27,28)/b18-17+. The lowest BCUT2D eigenvalue weighted by Gasteiger charge is -2.13. The van der Waals surface area contributed by atoms with Gasteiger partial charge in [-0.2, -0.15) is 9.50 Å². The van der Waals surface area contributed by atoms with Crippen molar-refractivity contribution in [3.05, 3.63) is 62.9 Å².